The Balaban J connectivity index is 1.67. The molecule has 3 aromatic rings. The van der Waals surface area contributed by atoms with Gasteiger partial charge in [0.1, 0.15) is 0 Å². The molecule has 3 rings (SSSR count). The second kappa shape index (κ2) is 6.50. The number of nitrogens with one attached hydrogen (secondary N) is 1. The van der Waals surface area contributed by atoms with E-state index in [1.165, 1.54) is 11.1 Å². The van der Waals surface area contributed by atoms with Crippen LogP contribution in [0, 0.1) is 6.92 Å². The van der Waals surface area contributed by atoms with Crippen LogP contribution in [0.15, 0.2) is 64.4 Å². The fourth-order valence-electron chi connectivity index (χ4n) is 1.99. The summed E-state index contributed by atoms with van der Waals surface area (Å²) in [6, 6.07) is 16.8. The maximum Gasteiger partial charge on any atom is 0.166 e. The number of thioether (sulfide) groups is 1. The Hall–Kier alpha value is -1.52. The molecule has 1 N–H and O–H groups in total. The van der Waals surface area contributed by atoms with Crippen LogP contribution in [0.5, 0.6) is 0 Å². The van der Waals surface area contributed by atoms with E-state index >= 15 is 0 Å². The minimum absolute atomic E-state index is 0.924. The molecular weight excluding hydrogens is 344 g/mol. The molecule has 0 unspecified atom stereocenters. The van der Waals surface area contributed by atoms with Crippen LogP contribution in [0.25, 0.3) is 11.3 Å². The summed E-state index contributed by atoms with van der Waals surface area (Å²) in [5.74, 6) is 0.924. The monoisotopic (exact) mass is 358 g/mol. The van der Waals surface area contributed by atoms with Crippen LogP contribution in [-0.2, 0) is 5.75 Å². The molecule has 2 nitrogen and oxygen atoms in total. The smallest absolute Gasteiger partial charge is 0.166 e. The quantitative estimate of drug-likeness (QED) is 0.629. The number of aromatic amines is 1. The van der Waals surface area contributed by atoms with E-state index in [9.17, 15) is 0 Å². The lowest BCUT2D eigenvalue weighted by molar-refractivity contribution is 1.06. The molecule has 0 saturated heterocycles. The molecule has 21 heavy (non-hydrogen) atoms. The number of hydrogen-bond donors (Lipinski definition) is 1. The number of rotatable bonds is 4. The van der Waals surface area contributed by atoms with E-state index in [1.807, 2.05) is 18.3 Å². The standard InChI is InChI=1S/C17H15BrN2S/c1-12-2-4-13(5-3-12)11-21-17-19-10-16(20-17)14-6-8-15(18)9-7-14/h2-10H,11H2,1H3,(H,19,20). The van der Waals surface area contributed by atoms with Crippen molar-refractivity contribution < 1.29 is 0 Å². The van der Waals surface area contributed by atoms with Gasteiger partial charge in [0.25, 0.3) is 0 Å². The molecule has 1 heterocycles. The molecule has 0 aliphatic rings. The largest absolute Gasteiger partial charge is 0.333 e. The van der Waals surface area contributed by atoms with Gasteiger partial charge < -0.3 is 4.98 Å². The van der Waals surface area contributed by atoms with E-state index in [4.69, 9.17) is 0 Å². The van der Waals surface area contributed by atoms with E-state index in [0.717, 1.165) is 26.6 Å². The van der Waals surface area contributed by atoms with Crippen molar-refractivity contribution in [2.24, 2.45) is 0 Å². The predicted octanol–water partition coefficient (Wildman–Crippen LogP) is 5.44. The van der Waals surface area contributed by atoms with Crippen LogP contribution in [-0.4, -0.2) is 9.97 Å². The second-order valence-corrected chi connectivity index (χ2v) is 6.76. The maximum absolute atomic E-state index is 4.44. The number of nitrogens with zero attached hydrogens (tertiary/aromatic N) is 1. The second-order valence-electron chi connectivity index (χ2n) is 4.88. The van der Waals surface area contributed by atoms with Gasteiger partial charge in [0.2, 0.25) is 0 Å². The highest BCUT2D eigenvalue weighted by atomic mass is 79.9. The van der Waals surface area contributed by atoms with Gasteiger partial charge >= 0.3 is 0 Å². The zero-order valence-corrected chi connectivity index (χ0v) is 14.0. The average Bonchev–Trinajstić information content (AvgIpc) is 2.96. The van der Waals surface area contributed by atoms with Crippen LogP contribution in [0.2, 0.25) is 0 Å². The van der Waals surface area contributed by atoms with Gasteiger partial charge in [-0.3, -0.25) is 0 Å². The van der Waals surface area contributed by atoms with Crippen molar-refractivity contribution in [3.63, 3.8) is 0 Å². The molecule has 4 heteroatoms. The van der Waals surface area contributed by atoms with Crippen LogP contribution < -0.4 is 0 Å². The zero-order valence-electron chi connectivity index (χ0n) is 11.6. The molecule has 0 aliphatic carbocycles. The summed E-state index contributed by atoms with van der Waals surface area (Å²) in [6.07, 6.45) is 1.89. The molecule has 1 aromatic heterocycles. The van der Waals surface area contributed by atoms with Gasteiger partial charge in [-0.05, 0) is 30.2 Å². The van der Waals surface area contributed by atoms with Crippen molar-refractivity contribution in [3.05, 3.63) is 70.3 Å². The van der Waals surface area contributed by atoms with Crippen molar-refractivity contribution >= 4 is 27.7 Å². The Bertz CT molecular complexity index is 717. The number of aromatic nitrogens is 2. The molecule has 0 fully saturated rings. The van der Waals surface area contributed by atoms with Crippen molar-refractivity contribution in [2.45, 2.75) is 17.8 Å². The average molecular weight is 359 g/mol. The van der Waals surface area contributed by atoms with Crippen LogP contribution in [0.4, 0.5) is 0 Å². The molecular formula is C17H15BrN2S. The topological polar surface area (TPSA) is 28.7 Å². The summed E-state index contributed by atoms with van der Waals surface area (Å²) in [6.45, 7) is 2.11. The Morgan fingerprint density at radius 1 is 1.05 bits per heavy atom. The van der Waals surface area contributed by atoms with E-state index in [2.05, 4.69) is 69.2 Å². The summed E-state index contributed by atoms with van der Waals surface area (Å²) in [4.78, 5) is 7.81. The van der Waals surface area contributed by atoms with Crippen LogP contribution in [0.3, 0.4) is 0 Å². The lowest BCUT2D eigenvalue weighted by Gasteiger charge is -2.00. The van der Waals surface area contributed by atoms with Crippen molar-refractivity contribution in [3.8, 4) is 11.3 Å². The number of benzene rings is 2. The van der Waals surface area contributed by atoms with Gasteiger partial charge in [-0.25, -0.2) is 4.98 Å². The SMILES string of the molecule is Cc1ccc(CSc2ncc(-c3ccc(Br)cc3)[nH]2)cc1. The van der Waals surface area contributed by atoms with E-state index in [1.54, 1.807) is 11.8 Å². The van der Waals surface area contributed by atoms with Gasteiger partial charge in [0, 0.05) is 10.2 Å². The van der Waals surface area contributed by atoms with Gasteiger partial charge in [0.05, 0.1) is 11.9 Å². The highest BCUT2D eigenvalue weighted by Gasteiger charge is 2.04. The zero-order chi connectivity index (χ0) is 14.7. The first-order chi connectivity index (χ1) is 10.2. The van der Waals surface area contributed by atoms with Crippen LogP contribution in [0.1, 0.15) is 11.1 Å². The molecule has 2 aromatic carbocycles. The van der Waals surface area contributed by atoms with E-state index in [0.29, 0.717) is 0 Å². The molecule has 0 bridgehead atoms. The fourth-order valence-corrected chi connectivity index (χ4v) is 3.06. The number of imidazole rings is 1. The lowest BCUT2D eigenvalue weighted by atomic mass is 10.2. The van der Waals surface area contributed by atoms with Gasteiger partial charge in [0.15, 0.2) is 5.16 Å². The fraction of sp³-hybridized carbons (Fsp3) is 0.118. The summed E-state index contributed by atoms with van der Waals surface area (Å²) >= 11 is 5.17. The molecule has 0 atom stereocenters. The number of halogens is 1. The molecule has 0 aliphatic heterocycles. The maximum atomic E-state index is 4.44. The Morgan fingerprint density at radius 2 is 1.76 bits per heavy atom. The summed E-state index contributed by atoms with van der Waals surface area (Å²) < 4.78 is 1.08. The number of aryl methyl sites for hydroxylation is 1. The van der Waals surface area contributed by atoms with E-state index < -0.39 is 0 Å². The summed E-state index contributed by atoms with van der Waals surface area (Å²) in [7, 11) is 0. The van der Waals surface area contributed by atoms with Crippen molar-refractivity contribution in [2.75, 3.05) is 0 Å². The molecule has 0 radical (unpaired) electrons. The normalized spacial score (nSPS) is 10.8. The highest BCUT2D eigenvalue weighted by Crippen LogP contribution is 2.25. The Morgan fingerprint density at radius 3 is 2.48 bits per heavy atom. The third kappa shape index (κ3) is 3.77. The minimum atomic E-state index is 0.924. The first-order valence-electron chi connectivity index (χ1n) is 6.70. The Labute approximate surface area is 137 Å². The number of H-pyrrole nitrogens is 1. The molecule has 0 spiro atoms. The Kier molecular flexibility index (Phi) is 4.46. The lowest BCUT2D eigenvalue weighted by Crippen LogP contribution is -1.82. The van der Waals surface area contributed by atoms with Gasteiger partial charge in [-0.2, -0.15) is 0 Å². The van der Waals surface area contributed by atoms with Gasteiger partial charge in [-0.1, -0.05) is 69.7 Å². The molecule has 0 saturated carbocycles. The summed E-state index contributed by atoms with van der Waals surface area (Å²) in [5.41, 5.74) is 4.80. The third-order valence-corrected chi connectivity index (χ3v) is 4.69. The molecule has 0 amide bonds. The minimum Gasteiger partial charge on any atom is -0.333 e. The van der Waals surface area contributed by atoms with Crippen molar-refractivity contribution in [1.29, 1.82) is 0 Å². The first-order valence-corrected chi connectivity index (χ1v) is 8.48. The third-order valence-electron chi connectivity index (χ3n) is 3.20. The predicted molar refractivity (Wildman–Crippen MR) is 92.5 cm³/mol. The first kappa shape index (κ1) is 14.4. The van der Waals surface area contributed by atoms with Crippen LogP contribution >= 0.6 is 27.7 Å². The van der Waals surface area contributed by atoms with E-state index in [-0.39, 0.29) is 0 Å². The number of hydrogen-bond acceptors (Lipinski definition) is 2. The molecule has 106 valence electrons. The highest BCUT2D eigenvalue weighted by molar-refractivity contribution is 9.10. The summed E-state index contributed by atoms with van der Waals surface area (Å²) in [5, 5.41) is 0.952. The van der Waals surface area contributed by atoms with Crippen molar-refractivity contribution in [1.82, 2.24) is 9.97 Å². The van der Waals surface area contributed by atoms with Gasteiger partial charge in [-0.15, -0.1) is 0 Å².